The van der Waals surface area contributed by atoms with E-state index in [9.17, 15) is 4.79 Å². The predicted molar refractivity (Wildman–Crippen MR) is 87.4 cm³/mol. The third kappa shape index (κ3) is 3.85. The minimum atomic E-state index is 0.0510. The van der Waals surface area contributed by atoms with Gasteiger partial charge in [-0.05, 0) is 31.5 Å². The molecule has 2 amide bonds. The average molecular weight is 282 g/mol. The first-order valence-electron chi connectivity index (χ1n) is 7.41. The van der Waals surface area contributed by atoms with E-state index in [1.807, 2.05) is 72.2 Å². The van der Waals surface area contributed by atoms with Gasteiger partial charge in [0.05, 0.1) is 0 Å². The Hall–Kier alpha value is -2.29. The fraction of sp³-hybridized carbons (Fsp3) is 0.278. The number of amides is 2. The summed E-state index contributed by atoms with van der Waals surface area (Å²) in [6.45, 7) is 6.01. The van der Waals surface area contributed by atoms with E-state index in [1.54, 1.807) is 0 Å². The minimum Gasteiger partial charge on any atom is -0.320 e. The normalized spacial score (nSPS) is 10.2. The molecule has 21 heavy (non-hydrogen) atoms. The number of carbonyl (C=O) groups is 1. The molecule has 0 saturated carbocycles. The number of urea groups is 1. The zero-order valence-corrected chi connectivity index (χ0v) is 12.7. The van der Waals surface area contributed by atoms with Crippen molar-refractivity contribution < 1.29 is 4.79 Å². The highest BCUT2D eigenvalue weighted by Crippen LogP contribution is 2.16. The smallest absolute Gasteiger partial charge is 0.320 e. The Balaban J connectivity index is 2.15. The van der Waals surface area contributed by atoms with Crippen molar-refractivity contribution >= 4 is 11.7 Å². The lowest BCUT2D eigenvalue weighted by Gasteiger charge is -2.29. The highest BCUT2D eigenvalue weighted by molar-refractivity contribution is 5.91. The molecule has 2 aromatic carbocycles. The first kappa shape index (κ1) is 15.1. The van der Waals surface area contributed by atoms with Gasteiger partial charge in [-0.3, -0.25) is 4.90 Å². The Kier molecular flexibility index (Phi) is 5.38. The third-order valence-electron chi connectivity index (χ3n) is 3.48. The van der Waals surface area contributed by atoms with Crippen molar-refractivity contribution in [2.75, 3.05) is 18.0 Å². The van der Waals surface area contributed by atoms with E-state index in [1.165, 1.54) is 0 Å². The van der Waals surface area contributed by atoms with E-state index < -0.39 is 0 Å². The highest BCUT2D eigenvalue weighted by Gasteiger charge is 2.19. The zero-order chi connectivity index (χ0) is 15.1. The molecular weight excluding hydrogens is 260 g/mol. The monoisotopic (exact) mass is 282 g/mol. The standard InChI is InChI=1S/C18H22N2O/c1-3-19(15-16-11-7-5-8-12-16)18(21)20(4-2)17-13-9-6-10-14-17/h5-14H,3-4,15H2,1-2H3. The number of para-hydroxylation sites is 1. The van der Waals surface area contributed by atoms with E-state index in [-0.39, 0.29) is 6.03 Å². The van der Waals surface area contributed by atoms with Crippen molar-refractivity contribution in [3.63, 3.8) is 0 Å². The summed E-state index contributed by atoms with van der Waals surface area (Å²) in [4.78, 5) is 16.4. The summed E-state index contributed by atoms with van der Waals surface area (Å²) in [6.07, 6.45) is 0. The van der Waals surface area contributed by atoms with Gasteiger partial charge in [-0.2, -0.15) is 0 Å². The number of rotatable bonds is 5. The maximum Gasteiger partial charge on any atom is 0.324 e. The molecule has 3 nitrogen and oxygen atoms in total. The lowest BCUT2D eigenvalue weighted by Crippen LogP contribution is -2.42. The Morgan fingerprint density at radius 2 is 1.43 bits per heavy atom. The molecule has 0 heterocycles. The van der Waals surface area contributed by atoms with Crippen molar-refractivity contribution in [1.82, 2.24) is 4.90 Å². The number of hydrogen-bond donors (Lipinski definition) is 0. The van der Waals surface area contributed by atoms with Gasteiger partial charge in [-0.15, -0.1) is 0 Å². The molecule has 0 N–H and O–H groups in total. The summed E-state index contributed by atoms with van der Waals surface area (Å²) in [6, 6.07) is 20.0. The Morgan fingerprint density at radius 3 is 1.95 bits per heavy atom. The highest BCUT2D eigenvalue weighted by atomic mass is 16.2. The van der Waals surface area contributed by atoms with E-state index in [0.29, 0.717) is 19.6 Å². The van der Waals surface area contributed by atoms with Crippen LogP contribution in [0.25, 0.3) is 0 Å². The number of nitrogens with zero attached hydrogens (tertiary/aromatic N) is 2. The van der Waals surface area contributed by atoms with Gasteiger partial charge in [0.2, 0.25) is 0 Å². The summed E-state index contributed by atoms with van der Waals surface area (Å²) in [5.41, 5.74) is 2.09. The van der Waals surface area contributed by atoms with Crippen LogP contribution in [0.1, 0.15) is 19.4 Å². The minimum absolute atomic E-state index is 0.0510. The molecule has 0 bridgehead atoms. The molecule has 0 aliphatic rings. The van der Waals surface area contributed by atoms with Gasteiger partial charge in [-0.25, -0.2) is 4.79 Å². The quantitative estimate of drug-likeness (QED) is 0.808. The number of anilines is 1. The van der Waals surface area contributed by atoms with Crippen LogP contribution >= 0.6 is 0 Å². The second kappa shape index (κ2) is 7.48. The molecule has 2 aromatic rings. The topological polar surface area (TPSA) is 23.6 Å². The summed E-state index contributed by atoms with van der Waals surface area (Å²) >= 11 is 0. The molecule has 0 aromatic heterocycles. The molecule has 3 heteroatoms. The van der Waals surface area contributed by atoms with Gasteiger partial charge >= 0.3 is 6.03 Å². The zero-order valence-electron chi connectivity index (χ0n) is 12.7. The Bertz CT molecular complexity index is 554. The third-order valence-corrected chi connectivity index (χ3v) is 3.48. The molecule has 0 fully saturated rings. The Morgan fingerprint density at radius 1 is 0.857 bits per heavy atom. The number of hydrogen-bond acceptors (Lipinski definition) is 1. The maximum absolute atomic E-state index is 12.8. The van der Waals surface area contributed by atoms with Crippen molar-refractivity contribution in [2.24, 2.45) is 0 Å². The van der Waals surface area contributed by atoms with Crippen molar-refractivity contribution in [2.45, 2.75) is 20.4 Å². The van der Waals surface area contributed by atoms with Crippen LogP contribution in [0.4, 0.5) is 10.5 Å². The molecule has 0 saturated heterocycles. The predicted octanol–water partition coefficient (Wildman–Crippen LogP) is 4.16. The van der Waals surface area contributed by atoms with Crippen molar-refractivity contribution in [3.05, 3.63) is 66.2 Å². The summed E-state index contributed by atoms with van der Waals surface area (Å²) in [5.74, 6) is 0. The SMILES string of the molecule is CCN(Cc1ccccc1)C(=O)N(CC)c1ccccc1. The fourth-order valence-corrected chi connectivity index (χ4v) is 2.33. The second-order valence-corrected chi connectivity index (χ2v) is 4.86. The van der Waals surface area contributed by atoms with Crippen LogP contribution in [-0.4, -0.2) is 24.0 Å². The molecule has 2 rings (SSSR count). The molecule has 0 aliphatic heterocycles. The summed E-state index contributed by atoms with van der Waals surface area (Å²) in [5, 5.41) is 0. The molecule has 110 valence electrons. The van der Waals surface area contributed by atoms with Gasteiger partial charge in [0.25, 0.3) is 0 Å². The van der Waals surface area contributed by atoms with Crippen LogP contribution < -0.4 is 4.90 Å². The second-order valence-electron chi connectivity index (χ2n) is 4.86. The first-order valence-corrected chi connectivity index (χ1v) is 7.41. The summed E-state index contributed by atoms with van der Waals surface area (Å²) in [7, 11) is 0. The molecule has 0 radical (unpaired) electrons. The van der Waals surface area contributed by atoms with E-state index >= 15 is 0 Å². The van der Waals surface area contributed by atoms with Crippen LogP contribution in [0.2, 0.25) is 0 Å². The molecule has 0 aliphatic carbocycles. The Labute approximate surface area is 126 Å². The number of benzene rings is 2. The average Bonchev–Trinajstić information content (AvgIpc) is 2.55. The first-order chi connectivity index (χ1) is 10.3. The number of carbonyl (C=O) groups excluding carboxylic acids is 1. The van der Waals surface area contributed by atoms with Gasteiger partial charge in [0.15, 0.2) is 0 Å². The van der Waals surface area contributed by atoms with Gasteiger partial charge in [0.1, 0.15) is 0 Å². The lowest BCUT2D eigenvalue weighted by atomic mass is 10.2. The van der Waals surface area contributed by atoms with Crippen molar-refractivity contribution in [3.8, 4) is 0 Å². The van der Waals surface area contributed by atoms with Gasteiger partial charge in [0, 0.05) is 25.3 Å². The van der Waals surface area contributed by atoms with Crippen LogP contribution in [-0.2, 0) is 6.54 Å². The van der Waals surface area contributed by atoms with Gasteiger partial charge < -0.3 is 4.90 Å². The maximum atomic E-state index is 12.8. The largest absolute Gasteiger partial charge is 0.324 e. The summed E-state index contributed by atoms with van der Waals surface area (Å²) < 4.78 is 0. The van der Waals surface area contributed by atoms with Gasteiger partial charge in [-0.1, -0.05) is 48.5 Å². The van der Waals surface area contributed by atoms with Crippen LogP contribution in [0.5, 0.6) is 0 Å². The lowest BCUT2D eigenvalue weighted by molar-refractivity contribution is 0.205. The van der Waals surface area contributed by atoms with Crippen LogP contribution in [0.3, 0.4) is 0 Å². The molecular formula is C18H22N2O. The van der Waals surface area contributed by atoms with E-state index in [4.69, 9.17) is 0 Å². The van der Waals surface area contributed by atoms with Crippen LogP contribution in [0.15, 0.2) is 60.7 Å². The van der Waals surface area contributed by atoms with E-state index in [2.05, 4.69) is 12.1 Å². The molecule has 0 spiro atoms. The molecule has 0 atom stereocenters. The molecule has 0 unspecified atom stereocenters. The van der Waals surface area contributed by atoms with E-state index in [0.717, 1.165) is 11.3 Å². The fourth-order valence-electron chi connectivity index (χ4n) is 2.33. The van der Waals surface area contributed by atoms with Crippen molar-refractivity contribution in [1.29, 1.82) is 0 Å². The van der Waals surface area contributed by atoms with Crippen LogP contribution in [0, 0.1) is 0 Å².